The topological polar surface area (TPSA) is 114 Å². The van der Waals surface area contributed by atoms with Gasteiger partial charge in [-0.2, -0.15) is 0 Å². The van der Waals surface area contributed by atoms with E-state index in [9.17, 15) is 19.0 Å². The number of allylic oxidation sites excluding steroid dienone is 23. The number of ether oxygens (including phenoxy) is 1. The van der Waals surface area contributed by atoms with Gasteiger partial charge < -0.3 is 28.5 Å². The number of rotatable bonds is 52. The lowest BCUT2D eigenvalue weighted by Gasteiger charge is -2.30. The zero-order valence-electron chi connectivity index (χ0n) is 49.6. The van der Waals surface area contributed by atoms with Gasteiger partial charge in [-0.3, -0.25) is 14.2 Å². The highest BCUT2D eigenvalue weighted by atomic mass is 31.2. The van der Waals surface area contributed by atoms with Crippen LogP contribution in [0.25, 0.3) is 0 Å². The van der Waals surface area contributed by atoms with Crippen molar-refractivity contribution in [1.82, 2.24) is 5.32 Å². The van der Waals surface area contributed by atoms with E-state index in [0.717, 1.165) is 109 Å². The number of carbonyl (C=O) groups is 2. The van der Waals surface area contributed by atoms with Crippen molar-refractivity contribution in [1.29, 1.82) is 0 Å². The minimum absolute atomic E-state index is 0.0488. The number of amides is 1. The Balaban J connectivity index is 5.52. The Morgan fingerprint density at radius 1 is 0.468 bits per heavy atom. The number of likely N-dealkylation sites (N-methyl/N-ethyl adjacent to an activating group) is 1. The SMILES string of the molecule is CC/C=C\C/C=C\C/C=C\C/C=C\C/C=C\C/C=C\CCC(=O)OC(/C=C/CCCCCCCCCCCCC)C(COP(=O)([O-])OCC[N+](C)(C)C)NC(=O)CCCCC/C=C\C/C=C\C/C=C\C/C=C\C/C=C\CC. The number of carbonyl (C=O) groups excluding carboxylic acids is 2. The Hall–Kier alpha value is -4.11. The lowest BCUT2D eigenvalue weighted by molar-refractivity contribution is -0.870. The lowest BCUT2D eigenvalue weighted by atomic mass is 10.0. The van der Waals surface area contributed by atoms with Crippen LogP contribution in [0.4, 0.5) is 0 Å². The number of nitrogens with one attached hydrogen (secondary N) is 1. The zero-order chi connectivity index (χ0) is 56.4. The van der Waals surface area contributed by atoms with E-state index in [4.69, 9.17) is 13.8 Å². The van der Waals surface area contributed by atoms with E-state index >= 15 is 0 Å². The number of phosphoric acid groups is 1. The predicted octanol–water partition coefficient (Wildman–Crippen LogP) is 18.0. The van der Waals surface area contributed by atoms with Gasteiger partial charge in [-0.1, -0.05) is 231 Å². The van der Waals surface area contributed by atoms with Crippen LogP contribution in [-0.4, -0.2) is 69.4 Å². The third-order valence-electron chi connectivity index (χ3n) is 12.3. The molecule has 0 saturated carbocycles. The lowest BCUT2D eigenvalue weighted by Crippen LogP contribution is -2.47. The normalized spacial score (nSPS) is 14.7. The summed E-state index contributed by atoms with van der Waals surface area (Å²) in [5.41, 5.74) is 0. The molecule has 0 aromatic carbocycles. The molecule has 3 unspecified atom stereocenters. The van der Waals surface area contributed by atoms with Crippen molar-refractivity contribution in [2.75, 3.05) is 40.9 Å². The van der Waals surface area contributed by atoms with E-state index in [1.54, 1.807) is 6.08 Å². The maximum Gasteiger partial charge on any atom is 0.306 e. The summed E-state index contributed by atoms with van der Waals surface area (Å²) < 4.78 is 30.2. The molecule has 0 aliphatic rings. The molecule has 0 fully saturated rings. The first kappa shape index (κ1) is 72.9. The number of unbranched alkanes of at least 4 members (excludes halogenated alkanes) is 14. The largest absolute Gasteiger partial charge is 0.756 e. The van der Waals surface area contributed by atoms with Crippen LogP contribution < -0.4 is 10.2 Å². The van der Waals surface area contributed by atoms with E-state index < -0.39 is 32.5 Å². The van der Waals surface area contributed by atoms with Gasteiger partial charge in [0.2, 0.25) is 5.91 Å². The average Bonchev–Trinajstić information content (AvgIpc) is 3.39. The molecule has 0 saturated heterocycles. The second-order valence-corrected chi connectivity index (χ2v) is 22.1. The van der Waals surface area contributed by atoms with Gasteiger partial charge in [0.25, 0.3) is 7.82 Å². The van der Waals surface area contributed by atoms with Crippen LogP contribution in [0.2, 0.25) is 0 Å². The van der Waals surface area contributed by atoms with Gasteiger partial charge in [-0.05, 0) is 115 Å². The minimum Gasteiger partial charge on any atom is -0.756 e. The van der Waals surface area contributed by atoms with Gasteiger partial charge in [0.05, 0.1) is 33.8 Å². The highest BCUT2D eigenvalue weighted by Crippen LogP contribution is 2.38. The van der Waals surface area contributed by atoms with E-state index in [1.807, 2.05) is 39.4 Å². The predicted molar refractivity (Wildman–Crippen MR) is 329 cm³/mol. The van der Waals surface area contributed by atoms with E-state index in [0.29, 0.717) is 23.9 Å². The summed E-state index contributed by atoms with van der Waals surface area (Å²) in [6, 6.07) is -0.948. The van der Waals surface area contributed by atoms with Crippen molar-refractivity contribution in [3.05, 3.63) is 146 Å². The summed E-state index contributed by atoms with van der Waals surface area (Å²) in [4.78, 5) is 39.9. The first-order valence-corrected chi connectivity index (χ1v) is 31.6. The molecule has 0 aromatic rings. The number of quaternary nitrogens is 1. The minimum atomic E-state index is -4.74. The number of phosphoric ester groups is 1. The maximum absolute atomic E-state index is 13.5. The molecule has 1 N–H and O–H groups in total. The smallest absolute Gasteiger partial charge is 0.306 e. The summed E-state index contributed by atoms with van der Waals surface area (Å²) in [5.74, 6) is -0.689. The molecular formula is C67H111N2O7P. The molecule has 0 bridgehead atoms. The fourth-order valence-corrected chi connectivity index (χ4v) is 8.41. The second kappa shape index (κ2) is 55.2. The van der Waals surface area contributed by atoms with E-state index in [-0.39, 0.29) is 25.4 Å². The fraction of sp³-hybridized carbons (Fsp3) is 0.612. The van der Waals surface area contributed by atoms with Crippen LogP contribution >= 0.6 is 7.82 Å². The molecule has 0 aliphatic heterocycles. The Morgan fingerprint density at radius 3 is 1.27 bits per heavy atom. The van der Waals surface area contributed by atoms with Crippen molar-refractivity contribution in [3.63, 3.8) is 0 Å². The number of esters is 1. The van der Waals surface area contributed by atoms with Crippen LogP contribution in [-0.2, 0) is 27.9 Å². The summed E-state index contributed by atoms with van der Waals surface area (Å²) in [7, 11) is 1.10. The number of nitrogens with zero attached hydrogens (tertiary/aromatic N) is 1. The first-order valence-electron chi connectivity index (χ1n) is 30.1. The van der Waals surface area contributed by atoms with Crippen molar-refractivity contribution in [3.8, 4) is 0 Å². The highest BCUT2D eigenvalue weighted by Gasteiger charge is 2.27. The van der Waals surface area contributed by atoms with Gasteiger partial charge in [0, 0.05) is 12.8 Å². The first-order chi connectivity index (χ1) is 37.4. The molecule has 0 aliphatic carbocycles. The Morgan fingerprint density at radius 2 is 0.844 bits per heavy atom. The Labute approximate surface area is 472 Å². The van der Waals surface area contributed by atoms with Crippen molar-refractivity contribution in [2.24, 2.45) is 0 Å². The maximum atomic E-state index is 13.5. The zero-order valence-corrected chi connectivity index (χ0v) is 50.5. The van der Waals surface area contributed by atoms with E-state index in [1.165, 1.54) is 57.8 Å². The van der Waals surface area contributed by atoms with Gasteiger partial charge in [0.15, 0.2) is 0 Å². The molecule has 1 amide bonds. The van der Waals surface area contributed by atoms with Crippen LogP contribution in [0.3, 0.4) is 0 Å². The molecule has 0 spiro atoms. The number of hydrogen-bond donors (Lipinski definition) is 1. The van der Waals surface area contributed by atoms with Crippen LogP contribution in [0.15, 0.2) is 146 Å². The molecule has 3 atom stereocenters. The van der Waals surface area contributed by atoms with Gasteiger partial charge >= 0.3 is 5.97 Å². The van der Waals surface area contributed by atoms with E-state index in [2.05, 4.69) is 148 Å². The monoisotopic (exact) mass is 1090 g/mol. The van der Waals surface area contributed by atoms with Crippen molar-refractivity contribution in [2.45, 2.75) is 226 Å². The third-order valence-corrected chi connectivity index (χ3v) is 13.2. The second-order valence-electron chi connectivity index (χ2n) is 20.7. The van der Waals surface area contributed by atoms with Gasteiger partial charge in [0.1, 0.15) is 19.3 Å². The highest BCUT2D eigenvalue weighted by molar-refractivity contribution is 7.45. The van der Waals surface area contributed by atoms with Crippen LogP contribution in [0.5, 0.6) is 0 Å². The van der Waals surface area contributed by atoms with Crippen LogP contribution in [0, 0.1) is 0 Å². The van der Waals surface area contributed by atoms with Gasteiger partial charge in [-0.15, -0.1) is 0 Å². The summed E-state index contributed by atoms with van der Waals surface area (Å²) in [5, 5.41) is 2.98. The molecule has 10 heteroatoms. The third kappa shape index (κ3) is 56.4. The van der Waals surface area contributed by atoms with Crippen molar-refractivity contribution >= 4 is 19.7 Å². The molecule has 0 radical (unpaired) electrons. The molecule has 0 aromatic heterocycles. The molecular weight excluding hydrogens is 976 g/mol. The standard InChI is InChI=1S/C67H111N2O7P/c1-7-10-13-16-19-22-25-28-30-32-34-36-38-41-44-47-50-53-56-59-66(70)68-64(63-75-77(72,73)74-62-61-69(4,5)6)65(58-55-52-49-46-43-40-27-24-21-18-15-12-9-3)76-67(71)60-57-54-51-48-45-42-39-37-35-33-31-29-26-23-20-17-14-11-8-2/h10-11,13-14,19-20,22-23,28-31,34-37,41-42,44-45,51,54-55,58,64-65H,7-9,12,15-18,21,24-27,32-33,38-40,43,46-50,52-53,56-57,59-63H2,1-6H3,(H-,68,70,72,73)/b13-10-,14-11-,22-19-,23-20-,30-28-,31-29-,36-34-,37-35-,44-41-,45-42-,54-51-,58-55+. The summed E-state index contributed by atoms with van der Waals surface area (Å²) >= 11 is 0. The molecule has 436 valence electrons. The fourth-order valence-electron chi connectivity index (χ4n) is 7.69. The average molecular weight is 1090 g/mol. The Kier molecular flexibility index (Phi) is 52.3. The summed E-state index contributed by atoms with van der Waals surface area (Å²) in [6.07, 6.45) is 79.7. The quantitative estimate of drug-likeness (QED) is 0.0212. The Bertz CT molecular complexity index is 1830. The summed E-state index contributed by atoms with van der Waals surface area (Å²) in [6.45, 7) is 6.51. The van der Waals surface area contributed by atoms with Crippen molar-refractivity contribution < 1.29 is 37.3 Å². The number of hydrogen-bond acceptors (Lipinski definition) is 7. The molecule has 0 rings (SSSR count). The molecule has 77 heavy (non-hydrogen) atoms. The van der Waals surface area contributed by atoms with Gasteiger partial charge in [-0.25, -0.2) is 0 Å². The molecule has 9 nitrogen and oxygen atoms in total. The van der Waals surface area contributed by atoms with Crippen LogP contribution in [0.1, 0.15) is 213 Å². The molecule has 0 heterocycles.